The molecule has 9 nitrogen and oxygen atoms in total. The van der Waals surface area contributed by atoms with E-state index in [4.69, 9.17) is 4.74 Å². The fraction of sp³-hybridized carbons (Fsp3) is 0.211. The normalized spacial score (nSPS) is 10.4. The summed E-state index contributed by atoms with van der Waals surface area (Å²) >= 11 is 0. The Hall–Kier alpha value is -3.75. The second-order valence-electron chi connectivity index (χ2n) is 5.94. The number of nitrogens with one attached hydrogen (secondary N) is 2. The van der Waals surface area contributed by atoms with E-state index in [1.807, 2.05) is 13.8 Å². The van der Waals surface area contributed by atoms with Gasteiger partial charge < -0.3 is 15.4 Å². The van der Waals surface area contributed by atoms with Crippen LogP contribution >= 0.6 is 0 Å². The van der Waals surface area contributed by atoms with Gasteiger partial charge in [-0.2, -0.15) is 0 Å². The van der Waals surface area contributed by atoms with E-state index in [0.29, 0.717) is 17.9 Å². The van der Waals surface area contributed by atoms with Gasteiger partial charge in [-0.15, -0.1) is 5.10 Å². The lowest BCUT2D eigenvalue weighted by atomic mass is 10.1. The second-order valence-corrected chi connectivity index (χ2v) is 5.94. The summed E-state index contributed by atoms with van der Waals surface area (Å²) in [5.41, 5.74) is 2.68. The quantitative estimate of drug-likeness (QED) is 0.646. The van der Waals surface area contributed by atoms with Gasteiger partial charge >= 0.3 is 0 Å². The molecular weight excluding hydrogens is 360 g/mol. The molecule has 0 fully saturated rings. The molecule has 2 N–H and O–H groups in total. The zero-order valence-electron chi connectivity index (χ0n) is 15.5. The first-order chi connectivity index (χ1) is 13.6. The first-order valence-electron chi connectivity index (χ1n) is 8.71. The smallest absolute Gasteiger partial charge is 0.251 e. The molecule has 0 aliphatic carbocycles. The van der Waals surface area contributed by atoms with Crippen molar-refractivity contribution in [1.29, 1.82) is 0 Å². The topological polar surface area (TPSA) is 111 Å². The highest BCUT2D eigenvalue weighted by atomic mass is 16.5. The van der Waals surface area contributed by atoms with E-state index < -0.39 is 0 Å². The van der Waals surface area contributed by atoms with E-state index in [0.717, 1.165) is 17.0 Å². The Balaban J connectivity index is 1.54. The zero-order chi connectivity index (χ0) is 19.9. The van der Waals surface area contributed by atoms with Crippen LogP contribution in [0.1, 0.15) is 22.8 Å². The molecule has 1 heterocycles. The van der Waals surface area contributed by atoms with Gasteiger partial charge in [0.15, 0.2) is 0 Å². The maximum absolute atomic E-state index is 12.3. The van der Waals surface area contributed by atoms with E-state index in [1.165, 1.54) is 11.0 Å². The summed E-state index contributed by atoms with van der Waals surface area (Å²) in [6.45, 7) is 4.19. The summed E-state index contributed by atoms with van der Waals surface area (Å²) in [4.78, 5) is 24.4. The predicted octanol–water partition coefficient (Wildman–Crippen LogP) is 1.74. The molecule has 2 aromatic carbocycles. The van der Waals surface area contributed by atoms with E-state index in [2.05, 4.69) is 26.2 Å². The third-order valence-electron chi connectivity index (χ3n) is 3.91. The molecule has 28 heavy (non-hydrogen) atoms. The molecule has 1 aromatic heterocycles. The van der Waals surface area contributed by atoms with Crippen molar-refractivity contribution in [3.05, 3.63) is 59.9 Å². The molecule has 0 aliphatic rings. The lowest BCUT2D eigenvalue weighted by molar-refractivity contribution is -0.115. The molecule has 0 aliphatic heterocycles. The molecule has 3 rings (SSSR count). The molecule has 2 amide bonds. The molecule has 0 saturated carbocycles. The fourth-order valence-corrected chi connectivity index (χ4v) is 2.59. The van der Waals surface area contributed by atoms with Crippen molar-refractivity contribution >= 4 is 17.5 Å². The first-order valence-corrected chi connectivity index (χ1v) is 8.71. The third kappa shape index (κ3) is 4.70. The number of benzene rings is 2. The van der Waals surface area contributed by atoms with Crippen LogP contribution in [0.2, 0.25) is 0 Å². The number of anilines is 1. The molecule has 144 valence electrons. The number of nitrogens with zero attached hydrogens (tertiary/aromatic N) is 4. The molecule has 3 aromatic rings. The van der Waals surface area contributed by atoms with Crippen LogP contribution < -0.4 is 15.4 Å². The third-order valence-corrected chi connectivity index (χ3v) is 3.91. The van der Waals surface area contributed by atoms with Crippen molar-refractivity contribution in [2.24, 2.45) is 0 Å². The minimum atomic E-state index is -0.340. The van der Waals surface area contributed by atoms with Crippen molar-refractivity contribution in [1.82, 2.24) is 25.5 Å². The average Bonchev–Trinajstić information content (AvgIpc) is 3.22. The van der Waals surface area contributed by atoms with Gasteiger partial charge in [-0.05, 0) is 72.3 Å². The van der Waals surface area contributed by atoms with Crippen molar-refractivity contribution < 1.29 is 14.3 Å². The monoisotopic (exact) mass is 380 g/mol. The van der Waals surface area contributed by atoms with E-state index in [9.17, 15) is 9.59 Å². The van der Waals surface area contributed by atoms with Crippen LogP contribution in [0, 0.1) is 6.92 Å². The minimum Gasteiger partial charge on any atom is -0.494 e. The van der Waals surface area contributed by atoms with Crippen molar-refractivity contribution in [2.45, 2.75) is 13.8 Å². The van der Waals surface area contributed by atoms with Crippen LogP contribution in [0.4, 0.5) is 5.69 Å². The minimum absolute atomic E-state index is 0.139. The van der Waals surface area contributed by atoms with Crippen molar-refractivity contribution in [3.8, 4) is 11.4 Å². The van der Waals surface area contributed by atoms with Crippen LogP contribution in [0.5, 0.6) is 5.75 Å². The van der Waals surface area contributed by atoms with Gasteiger partial charge in [0.1, 0.15) is 12.1 Å². The Labute approximate surface area is 161 Å². The number of aryl methyl sites for hydroxylation is 1. The Morgan fingerprint density at radius 1 is 1.14 bits per heavy atom. The van der Waals surface area contributed by atoms with Crippen LogP contribution in [0.3, 0.4) is 0 Å². The molecule has 0 unspecified atom stereocenters. The van der Waals surface area contributed by atoms with Crippen molar-refractivity contribution in [3.63, 3.8) is 0 Å². The zero-order valence-corrected chi connectivity index (χ0v) is 15.5. The number of tetrazole rings is 1. The van der Waals surface area contributed by atoms with Gasteiger partial charge in [-0.3, -0.25) is 9.59 Å². The van der Waals surface area contributed by atoms with E-state index in [-0.39, 0.29) is 18.4 Å². The van der Waals surface area contributed by atoms with Gasteiger partial charge in [0.2, 0.25) is 5.91 Å². The SMILES string of the molecule is CCOc1ccc(NC(=O)CNC(=O)c2ccc(-n3cnnn3)c(C)c2)cc1. The lowest BCUT2D eigenvalue weighted by Gasteiger charge is -2.10. The molecule has 0 bridgehead atoms. The summed E-state index contributed by atoms with van der Waals surface area (Å²) in [6.07, 6.45) is 1.48. The first kappa shape index (κ1) is 19.0. The second kappa shape index (κ2) is 8.76. The number of ether oxygens (including phenoxy) is 1. The summed E-state index contributed by atoms with van der Waals surface area (Å²) in [5, 5.41) is 16.4. The van der Waals surface area contributed by atoms with E-state index >= 15 is 0 Å². The largest absolute Gasteiger partial charge is 0.494 e. The standard InChI is InChI=1S/C19H20N6O3/c1-3-28-16-7-5-15(6-8-16)22-18(26)11-20-19(27)14-4-9-17(13(2)10-14)25-12-21-23-24-25/h4-10,12H,3,11H2,1-2H3,(H,20,27)(H,22,26). The number of hydrogen-bond acceptors (Lipinski definition) is 6. The van der Waals surface area contributed by atoms with Crippen LogP contribution in [-0.2, 0) is 4.79 Å². The summed E-state index contributed by atoms with van der Waals surface area (Å²) in [6, 6.07) is 12.2. The molecule has 0 atom stereocenters. The highest BCUT2D eigenvalue weighted by Crippen LogP contribution is 2.16. The Morgan fingerprint density at radius 2 is 1.93 bits per heavy atom. The van der Waals surface area contributed by atoms with Crippen LogP contribution in [-0.4, -0.2) is 45.2 Å². The predicted molar refractivity (Wildman–Crippen MR) is 102 cm³/mol. The molecule has 0 radical (unpaired) electrons. The highest BCUT2D eigenvalue weighted by Gasteiger charge is 2.11. The number of hydrogen-bond donors (Lipinski definition) is 2. The lowest BCUT2D eigenvalue weighted by Crippen LogP contribution is -2.32. The number of aromatic nitrogens is 4. The summed E-state index contributed by atoms with van der Waals surface area (Å²) in [7, 11) is 0. The van der Waals surface area contributed by atoms with Crippen LogP contribution in [0.15, 0.2) is 48.8 Å². The number of carbonyl (C=O) groups is 2. The Bertz CT molecular complexity index is 954. The average molecular weight is 380 g/mol. The van der Waals surface area contributed by atoms with E-state index in [1.54, 1.807) is 42.5 Å². The van der Waals surface area contributed by atoms with Gasteiger partial charge in [-0.25, -0.2) is 4.68 Å². The summed E-state index contributed by atoms with van der Waals surface area (Å²) in [5.74, 6) is 0.0713. The van der Waals surface area contributed by atoms with Gasteiger partial charge in [-0.1, -0.05) is 0 Å². The molecule has 9 heteroatoms. The maximum Gasteiger partial charge on any atom is 0.251 e. The Morgan fingerprint density at radius 3 is 2.57 bits per heavy atom. The van der Waals surface area contributed by atoms with Crippen molar-refractivity contribution in [2.75, 3.05) is 18.5 Å². The van der Waals surface area contributed by atoms with Crippen LogP contribution in [0.25, 0.3) is 5.69 Å². The molecular formula is C19H20N6O3. The number of amides is 2. The summed E-state index contributed by atoms with van der Waals surface area (Å²) < 4.78 is 6.87. The van der Waals surface area contributed by atoms with Gasteiger partial charge in [0, 0.05) is 11.3 Å². The fourth-order valence-electron chi connectivity index (χ4n) is 2.59. The van der Waals surface area contributed by atoms with Gasteiger partial charge in [0.05, 0.1) is 18.8 Å². The molecule has 0 saturated heterocycles. The number of carbonyl (C=O) groups excluding carboxylic acids is 2. The molecule has 0 spiro atoms. The maximum atomic E-state index is 12.3. The highest BCUT2D eigenvalue weighted by molar-refractivity contribution is 5.99. The Kier molecular flexibility index (Phi) is 5.95. The number of rotatable bonds is 7. The van der Waals surface area contributed by atoms with Gasteiger partial charge in [0.25, 0.3) is 5.91 Å².